The third kappa shape index (κ3) is 2.56. The van der Waals surface area contributed by atoms with Gasteiger partial charge in [-0.25, -0.2) is 4.79 Å². The lowest BCUT2D eigenvalue weighted by molar-refractivity contribution is -0.155. The molecule has 0 aromatic heterocycles. The monoisotopic (exact) mass is 351 g/mol. The van der Waals surface area contributed by atoms with Crippen LogP contribution in [0.5, 0.6) is 0 Å². The van der Waals surface area contributed by atoms with Crippen molar-refractivity contribution in [3.63, 3.8) is 0 Å². The molecule has 4 unspecified atom stereocenters. The molecule has 0 aromatic carbocycles. The number of thioether (sulfide) groups is 2. The zero-order valence-corrected chi connectivity index (χ0v) is 13.9. The number of fused-ring (bicyclic) bond motifs is 1. The lowest BCUT2D eigenvalue weighted by Crippen LogP contribution is -2.60. The number of hydrogen-bond donors (Lipinski definition) is 2. The van der Waals surface area contributed by atoms with E-state index in [4.69, 9.17) is 0 Å². The minimum Gasteiger partial charge on any atom is -0.616 e. The van der Waals surface area contributed by atoms with Crippen LogP contribution in [0, 0.1) is 5.92 Å². The molecule has 118 valence electrons. The van der Waals surface area contributed by atoms with Crippen molar-refractivity contribution in [3.05, 3.63) is 0 Å². The Kier molecular flexibility index (Phi) is 4.15. The summed E-state index contributed by atoms with van der Waals surface area (Å²) < 4.78 is 10.4. The first-order chi connectivity index (χ1) is 9.84. The van der Waals surface area contributed by atoms with E-state index in [0.717, 1.165) is 6.42 Å². The Bertz CT molecular complexity index is 476. The zero-order valence-electron chi connectivity index (χ0n) is 11.4. The van der Waals surface area contributed by atoms with Gasteiger partial charge in [0.2, 0.25) is 5.91 Å². The molecule has 0 aromatic rings. The summed E-state index contributed by atoms with van der Waals surface area (Å²) in [4.78, 5) is 25.3. The van der Waals surface area contributed by atoms with E-state index in [1.165, 1.54) is 23.5 Å². The van der Waals surface area contributed by atoms with Crippen LogP contribution >= 0.6 is 23.5 Å². The van der Waals surface area contributed by atoms with Crippen LogP contribution < -0.4 is 0 Å². The second-order valence-electron chi connectivity index (χ2n) is 5.64. The molecule has 0 spiro atoms. The first-order valence-corrected chi connectivity index (χ1v) is 10.0. The minimum absolute atomic E-state index is 0.0632. The zero-order chi connectivity index (χ0) is 15.4. The topological polar surface area (TPSA) is 101 Å². The maximum Gasteiger partial charge on any atom is 0.332 e. The van der Waals surface area contributed by atoms with Gasteiger partial charge in [-0.3, -0.25) is 4.79 Å². The van der Waals surface area contributed by atoms with Crippen LogP contribution in [0.15, 0.2) is 0 Å². The van der Waals surface area contributed by atoms with Crippen molar-refractivity contribution < 1.29 is 24.4 Å². The average Bonchev–Trinajstić information content (AvgIpc) is 2.93. The summed E-state index contributed by atoms with van der Waals surface area (Å²) in [6, 6.07) is 0. The quantitative estimate of drug-likeness (QED) is 0.540. The molecule has 6 nitrogen and oxygen atoms in total. The van der Waals surface area contributed by atoms with E-state index in [2.05, 4.69) is 0 Å². The van der Waals surface area contributed by atoms with Crippen LogP contribution in [-0.4, -0.2) is 70.4 Å². The molecule has 3 heterocycles. The Balaban J connectivity index is 1.75. The highest BCUT2D eigenvalue weighted by molar-refractivity contribution is 8.20. The molecule has 6 atom stereocenters. The number of aliphatic hydroxyl groups is 1. The van der Waals surface area contributed by atoms with Gasteiger partial charge < -0.3 is 19.7 Å². The molecule has 3 aliphatic rings. The van der Waals surface area contributed by atoms with Crippen molar-refractivity contribution in [2.24, 2.45) is 5.92 Å². The molecule has 0 bridgehead atoms. The van der Waals surface area contributed by atoms with Crippen LogP contribution in [0.25, 0.3) is 0 Å². The minimum atomic E-state index is -1.09. The summed E-state index contributed by atoms with van der Waals surface area (Å²) in [5, 5.41) is 19.1. The van der Waals surface area contributed by atoms with Gasteiger partial charge in [0.1, 0.15) is 11.5 Å². The predicted molar refractivity (Wildman–Crippen MR) is 82.5 cm³/mol. The lowest BCUT2D eigenvalue weighted by atomic mass is 9.93. The molecular weight excluding hydrogens is 334 g/mol. The maximum absolute atomic E-state index is 12.0. The summed E-state index contributed by atoms with van der Waals surface area (Å²) in [7, 11) is 0. The summed E-state index contributed by atoms with van der Waals surface area (Å²) >= 11 is 1.73. The third-order valence-electron chi connectivity index (χ3n) is 4.11. The molecule has 0 aliphatic carbocycles. The molecule has 21 heavy (non-hydrogen) atoms. The molecule has 0 radical (unpaired) electrons. The summed E-state index contributed by atoms with van der Waals surface area (Å²) in [5.74, 6) is -0.462. The third-order valence-corrected chi connectivity index (χ3v) is 9.26. The second-order valence-corrected chi connectivity index (χ2v) is 10.5. The Morgan fingerprint density at radius 3 is 2.90 bits per heavy atom. The van der Waals surface area contributed by atoms with Gasteiger partial charge in [-0.2, -0.15) is 0 Å². The number of carbonyl (C=O) groups excluding carboxylic acids is 1. The Labute approximate surface area is 134 Å². The van der Waals surface area contributed by atoms with E-state index >= 15 is 0 Å². The van der Waals surface area contributed by atoms with Crippen LogP contribution in [0.1, 0.15) is 13.3 Å². The number of carbonyl (C=O) groups is 2. The normalized spacial score (nSPS) is 43.6. The van der Waals surface area contributed by atoms with Gasteiger partial charge in [0, 0.05) is 6.42 Å². The summed E-state index contributed by atoms with van der Waals surface area (Å²) in [6.07, 6.45) is -0.00878. The smallest absolute Gasteiger partial charge is 0.332 e. The van der Waals surface area contributed by atoms with E-state index in [0.29, 0.717) is 11.5 Å². The Hall–Kier alpha value is -0.0900. The van der Waals surface area contributed by atoms with E-state index in [1.807, 2.05) is 0 Å². The number of aliphatic carboxylic acids is 1. The number of carboxylic acid groups (broad SMARTS) is 1. The number of rotatable bonds is 4. The Morgan fingerprint density at radius 1 is 1.67 bits per heavy atom. The number of aliphatic hydroxyl groups excluding tert-OH is 1. The van der Waals surface area contributed by atoms with Crippen molar-refractivity contribution >= 4 is 46.6 Å². The number of β-lactam (4-membered cyclic amide) rings is 1. The standard InChI is InChI=1S/C12H17NO5S3/c1-6(14)8-9(15)13-5-12(11(16)17,20-10(8)13)19-7-2-3-21(18)4-7/h6-8,10,14H,2-5H2,1H3,(H,16,17)/t6?,7?,8-,10+,12?,21?/m0/s1. The fourth-order valence-corrected chi connectivity index (χ4v) is 8.68. The Morgan fingerprint density at radius 2 is 2.38 bits per heavy atom. The largest absolute Gasteiger partial charge is 0.616 e. The van der Waals surface area contributed by atoms with E-state index in [9.17, 15) is 24.4 Å². The molecule has 2 N–H and O–H groups in total. The highest BCUT2D eigenvalue weighted by Gasteiger charge is 2.63. The summed E-state index contributed by atoms with van der Waals surface area (Å²) in [6.45, 7) is 1.72. The van der Waals surface area contributed by atoms with Crippen LogP contribution in [0.4, 0.5) is 0 Å². The van der Waals surface area contributed by atoms with Crippen LogP contribution in [0.2, 0.25) is 0 Å². The molecular formula is C12H17NO5S3. The van der Waals surface area contributed by atoms with Crippen molar-refractivity contribution in [3.8, 4) is 0 Å². The van der Waals surface area contributed by atoms with Gasteiger partial charge in [-0.1, -0.05) is 11.2 Å². The van der Waals surface area contributed by atoms with Crippen LogP contribution in [0.3, 0.4) is 0 Å². The average molecular weight is 351 g/mol. The van der Waals surface area contributed by atoms with Crippen molar-refractivity contribution in [1.29, 1.82) is 0 Å². The van der Waals surface area contributed by atoms with Gasteiger partial charge >= 0.3 is 5.97 Å². The molecule has 3 fully saturated rings. The molecule has 3 rings (SSSR count). The number of nitrogens with zero attached hydrogens (tertiary/aromatic N) is 1. The van der Waals surface area contributed by atoms with Crippen LogP contribution in [-0.2, 0) is 20.8 Å². The lowest BCUT2D eigenvalue weighted by Gasteiger charge is -2.42. The number of amides is 1. The van der Waals surface area contributed by atoms with E-state index in [1.54, 1.807) is 11.8 Å². The van der Waals surface area contributed by atoms with Gasteiger partial charge in [0.05, 0.1) is 29.2 Å². The molecule has 3 saturated heterocycles. The van der Waals surface area contributed by atoms with Gasteiger partial charge in [-0.15, -0.1) is 23.5 Å². The van der Waals surface area contributed by atoms with Crippen molar-refractivity contribution in [2.45, 2.75) is 34.2 Å². The van der Waals surface area contributed by atoms with Gasteiger partial charge in [-0.05, 0) is 6.92 Å². The summed E-state index contributed by atoms with van der Waals surface area (Å²) in [5.41, 5.74) is 0. The van der Waals surface area contributed by atoms with Crippen molar-refractivity contribution in [1.82, 2.24) is 4.90 Å². The first kappa shape index (κ1) is 15.8. The highest BCUT2D eigenvalue weighted by Crippen LogP contribution is 2.56. The van der Waals surface area contributed by atoms with E-state index < -0.39 is 33.2 Å². The second kappa shape index (κ2) is 5.52. The molecule has 1 amide bonds. The molecule has 3 aliphatic heterocycles. The fraction of sp³-hybridized carbons (Fsp3) is 0.833. The number of carboxylic acids is 1. The van der Waals surface area contributed by atoms with Crippen molar-refractivity contribution in [2.75, 3.05) is 18.1 Å². The molecule has 0 saturated carbocycles. The maximum atomic E-state index is 12.0. The van der Waals surface area contributed by atoms with Gasteiger partial charge in [0.15, 0.2) is 4.08 Å². The fourth-order valence-electron chi connectivity index (χ4n) is 2.99. The SMILES string of the molecule is CC(O)[C@H]1C(=O)N2CC(SC3CC[S+]([O-])C3)(C(=O)O)S[C@H]12. The predicted octanol–water partition coefficient (Wildman–Crippen LogP) is -0.0664. The van der Waals surface area contributed by atoms with Gasteiger partial charge in [0.25, 0.3) is 0 Å². The highest BCUT2D eigenvalue weighted by atomic mass is 32.2. The first-order valence-electron chi connectivity index (χ1n) is 6.76. The number of hydrogen-bond acceptors (Lipinski definition) is 6. The molecule has 9 heteroatoms. The van der Waals surface area contributed by atoms with E-state index in [-0.39, 0.29) is 23.1 Å².